The van der Waals surface area contributed by atoms with E-state index in [9.17, 15) is 0 Å². The Morgan fingerprint density at radius 3 is 2.89 bits per heavy atom. The van der Waals surface area contributed by atoms with Crippen LogP contribution in [-0.4, -0.2) is 27.6 Å². The third-order valence-corrected chi connectivity index (χ3v) is 3.45. The van der Waals surface area contributed by atoms with Gasteiger partial charge in [-0.1, -0.05) is 20.3 Å². The van der Waals surface area contributed by atoms with Crippen molar-refractivity contribution >= 4 is 17.5 Å². The van der Waals surface area contributed by atoms with E-state index >= 15 is 0 Å². The van der Waals surface area contributed by atoms with Gasteiger partial charge in [0, 0.05) is 6.54 Å². The van der Waals surface area contributed by atoms with E-state index in [1.54, 1.807) is 0 Å². The highest BCUT2D eigenvalue weighted by Crippen LogP contribution is 2.26. The summed E-state index contributed by atoms with van der Waals surface area (Å²) in [4.78, 5) is 12.3. The van der Waals surface area contributed by atoms with Gasteiger partial charge in [-0.05, 0) is 43.2 Å². The summed E-state index contributed by atoms with van der Waals surface area (Å²) in [6.07, 6.45) is 5.79. The first-order valence-corrected chi connectivity index (χ1v) is 7.37. The number of hydrogen-bond acceptors (Lipinski definition) is 5. The van der Waals surface area contributed by atoms with E-state index in [4.69, 9.17) is 16.3 Å². The molecule has 2 unspecified atom stereocenters. The molecule has 0 aromatic carbocycles. The molecule has 2 atom stereocenters. The Morgan fingerprint density at radius 2 is 2.16 bits per heavy atom. The van der Waals surface area contributed by atoms with E-state index in [2.05, 4.69) is 34.1 Å². The van der Waals surface area contributed by atoms with E-state index in [0.717, 1.165) is 25.8 Å². The molecule has 0 radical (unpaired) electrons. The second-order valence-electron chi connectivity index (χ2n) is 5.15. The van der Waals surface area contributed by atoms with Gasteiger partial charge >= 0.3 is 6.01 Å². The SMILES string of the molecule is CCCNc1nc(Cl)nc(OC2CCCC(C)C2)n1. The van der Waals surface area contributed by atoms with E-state index in [-0.39, 0.29) is 11.4 Å². The molecule has 1 N–H and O–H groups in total. The molecule has 1 fully saturated rings. The minimum atomic E-state index is 0.174. The average Bonchev–Trinajstić information content (AvgIpc) is 2.35. The molecule has 0 aliphatic heterocycles. The molecule has 1 aromatic rings. The molecule has 5 nitrogen and oxygen atoms in total. The highest BCUT2D eigenvalue weighted by molar-refractivity contribution is 6.28. The second-order valence-corrected chi connectivity index (χ2v) is 5.49. The van der Waals surface area contributed by atoms with Gasteiger partial charge < -0.3 is 10.1 Å². The maximum atomic E-state index is 5.89. The molecule has 106 valence electrons. The van der Waals surface area contributed by atoms with Gasteiger partial charge in [0.05, 0.1) is 0 Å². The monoisotopic (exact) mass is 284 g/mol. The number of rotatable bonds is 5. The lowest BCUT2D eigenvalue weighted by molar-refractivity contribution is 0.118. The molecule has 1 aliphatic carbocycles. The normalized spacial score (nSPS) is 23.1. The lowest BCUT2D eigenvalue weighted by Crippen LogP contribution is -2.25. The smallest absolute Gasteiger partial charge is 0.322 e. The standard InChI is InChI=1S/C13H21ClN4O/c1-3-7-15-12-16-11(14)17-13(18-12)19-10-6-4-5-9(2)8-10/h9-10H,3-8H2,1-2H3,(H,15,16,17,18). The summed E-state index contributed by atoms with van der Waals surface area (Å²) < 4.78 is 5.84. The Bertz CT molecular complexity index is 416. The fourth-order valence-corrected chi connectivity index (χ4v) is 2.49. The Labute approximate surface area is 119 Å². The van der Waals surface area contributed by atoms with Crippen LogP contribution >= 0.6 is 11.6 Å². The van der Waals surface area contributed by atoms with Gasteiger partial charge in [0.25, 0.3) is 0 Å². The maximum absolute atomic E-state index is 5.89. The molecule has 1 aliphatic rings. The lowest BCUT2D eigenvalue weighted by Gasteiger charge is -2.26. The molecular weight excluding hydrogens is 264 g/mol. The molecule has 1 saturated carbocycles. The van der Waals surface area contributed by atoms with E-state index in [1.807, 2.05) is 0 Å². The van der Waals surface area contributed by atoms with Crippen LogP contribution in [0, 0.1) is 5.92 Å². The summed E-state index contributed by atoms with van der Waals surface area (Å²) in [6, 6.07) is 0.331. The molecule has 0 bridgehead atoms. The van der Waals surface area contributed by atoms with Gasteiger partial charge in [-0.3, -0.25) is 0 Å². The van der Waals surface area contributed by atoms with Gasteiger partial charge in [-0.15, -0.1) is 0 Å². The van der Waals surface area contributed by atoms with Gasteiger partial charge in [0.2, 0.25) is 11.2 Å². The highest BCUT2D eigenvalue weighted by atomic mass is 35.5. The average molecular weight is 285 g/mol. The summed E-state index contributed by atoms with van der Waals surface area (Å²) in [5.41, 5.74) is 0. The van der Waals surface area contributed by atoms with E-state index < -0.39 is 0 Å². The number of halogens is 1. The molecule has 0 spiro atoms. The maximum Gasteiger partial charge on any atom is 0.322 e. The largest absolute Gasteiger partial charge is 0.460 e. The minimum absolute atomic E-state index is 0.174. The predicted octanol–water partition coefficient (Wildman–Crippen LogP) is 3.30. The first kappa shape index (κ1) is 14.3. The molecule has 0 saturated heterocycles. The van der Waals surface area contributed by atoms with Gasteiger partial charge in [0.15, 0.2) is 0 Å². The van der Waals surface area contributed by atoms with Crippen LogP contribution in [0.5, 0.6) is 6.01 Å². The van der Waals surface area contributed by atoms with Gasteiger partial charge in [-0.2, -0.15) is 15.0 Å². The topological polar surface area (TPSA) is 59.9 Å². The number of nitrogens with one attached hydrogen (secondary N) is 1. The number of hydrogen-bond donors (Lipinski definition) is 1. The van der Waals surface area contributed by atoms with Crippen molar-refractivity contribution < 1.29 is 4.74 Å². The Balaban J connectivity index is 2.00. The fourth-order valence-electron chi connectivity index (χ4n) is 2.34. The molecule has 1 heterocycles. The summed E-state index contributed by atoms with van der Waals surface area (Å²) in [5.74, 6) is 1.19. The number of aromatic nitrogens is 3. The lowest BCUT2D eigenvalue weighted by atomic mass is 9.89. The van der Waals surface area contributed by atoms with Crippen LogP contribution < -0.4 is 10.1 Å². The van der Waals surface area contributed by atoms with Crippen molar-refractivity contribution in [3.8, 4) is 6.01 Å². The van der Waals surface area contributed by atoms with Crippen LogP contribution in [0.1, 0.15) is 46.0 Å². The third-order valence-electron chi connectivity index (χ3n) is 3.28. The van der Waals surface area contributed by atoms with Crippen molar-refractivity contribution in [1.29, 1.82) is 0 Å². The van der Waals surface area contributed by atoms with Crippen molar-refractivity contribution in [3.63, 3.8) is 0 Å². The van der Waals surface area contributed by atoms with Crippen molar-refractivity contribution in [2.75, 3.05) is 11.9 Å². The summed E-state index contributed by atoms with van der Waals surface area (Å²) in [5, 5.41) is 3.27. The van der Waals surface area contributed by atoms with Crippen LogP contribution in [-0.2, 0) is 0 Å². The van der Waals surface area contributed by atoms with Crippen LogP contribution in [0.15, 0.2) is 0 Å². The van der Waals surface area contributed by atoms with Crippen LogP contribution in [0.3, 0.4) is 0 Å². The molecule has 19 heavy (non-hydrogen) atoms. The number of anilines is 1. The predicted molar refractivity (Wildman–Crippen MR) is 75.7 cm³/mol. The van der Waals surface area contributed by atoms with E-state index in [1.165, 1.54) is 12.8 Å². The fraction of sp³-hybridized carbons (Fsp3) is 0.769. The van der Waals surface area contributed by atoms with Gasteiger partial charge in [-0.25, -0.2) is 0 Å². The first-order valence-electron chi connectivity index (χ1n) is 6.99. The van der Waals surface area contributed by atoms with Crippen molar-refractivity contribution in [2.24, 2.45) is 5.92 Å². The van der Waals surface area contributed by atoms with Gasteiger partial charge in [0.1, 0.15) is 6.10 Å². The second kappa shape index (κ2) is 6.89. The molecule has 2 rings (SSSR count). The first-order chi connectivity index (χ1) is 9.17. The number of nitrogens with zero attached hydrogens (tertiary/aromatic N) is 3. The Kier molecular flexibility index (Phi) is 5.19. The van der Waals surface area contributed by atoms with Crippen molar-refractivity contribution in [1.82, 2.24) is 15.0 Å². The zero-order chi connectivity index (χ0) is 13.7. The third kappa shape index (κ3) is 4.49. The molecule has 0 amide bonds. The zero-order valence-electron chi connectivity index (χ0n) is 11.5. The summed E-state index contributed by atoms with van der Waals surface area (Å²) in [7, 11) is 0. The Morgan fingerprint density at radius 1 is 1.32 bits per heavy atom. The van der Waals surface area contributed by atoms with E-state index in [0.29, 0.717) is 17.9 Å². The summed E-state index contributed by atoms with van der Waals surface area (Å²) in [6.45, 7) is 5.14. The molecular formula is C13H21ClN4O. The quantitative estimate of drug-likeness (QED) is 0.899. The van der Waals surface area contributed by atoms with Crippen molar-refractivity contribution in [3.05, 3.63) is 5.28 Å². The summed E-state index contributed by atoms with van der Waals surface area (Å²) >= 11 is 5.89. The van der Waals surface area contributed by atoms with Crippen LogP contribution in [0.25, 0.3) is 0 Å². The number of ether oxygens (including phenoxy) is 1. The zero-order valence-corrected chi connectivity index (χ0v) is 12.3. The minimum Gasteiger partial charge on any atom is -0.460 e. The Hall–Kier alpha value is -1.10. The molecule has 6 heteroatoms. The highest BCUT2D eigenvalue weighted by Gasteiger charge is 2.21. The van der Waals surface area contributed by atoms with Crippen LogP contribution in [0.4, 0.5) is 5.95 Å². The van der Waals surface area contributed by atoms with Crippen LogP contribution in [0.2, 0.25) is 5.28 Å². The molecule has 1 aromatic heterocycles. The van der Waals surface area contributed by atoms with Crippen molar-refractivity contribution in [2.45, 2.75) is 52.1 Å².